The molecular formula is C28H35NO10. The second kappa shape index (κ2) is 14.2. The van der Waals surface area contributed by atoms with Crippen molar-refractivity contribution in [3.8, 4) is 11.5 Å². The van der Waals surface area contributed by atoms with Crippen molar-refractivity contribution in [1.82, 2.24) is 0 Å². The molecule has 11 nitrogen and oxygen atoms in total. The fourth-order valence-corrected chi connectivity index (χ4v) is 4.06. The third kappa shape index (κ3) is 8.72. The molecule has 0 amide bonds. The van der Waals surface area contributed by atoms with Gasteiger partial charge in [0.25, 0.3) is 0 Å². The van der Waals surface area contributed by atoms with Gasteiger partial charge in [-0.15, -0.1) is 0 Å². The molecule has 11 heteroatoms. The summed E-state index contributed by atoms with van der Waals surface area (Å²) in [7, 11) is 4.97. The van der Waals surface area contributed by atoms with Crippen LogP contribution in [0.1, 0.15) is 42.6 Å². The average Bonchev–Trinajstić information content (AvgIpc) is 2.90. The molecule has 0 bridgehead atoms. The molecule has 0 aliphatic carbocycles. The summed E-state index contributed by atoms with van der Waals surface area (Å²) in [6.45, 7) is 5.89. The van der Waals surface area contributed by atoms with Crippen molar-refractivity contribution >= 4 is 29.1 Å². The molecule has 2 heterocycles. The second-order valence-corrected chi connectivity index (χ2v) is 9.05. The van der Waals surface area contributed by atoms with E-state index < -0.39 is 17.4 Å². The largest absolute Gasteiger partial charge is 0.503 e. The molecule has 1 fully saturated rings. The number of rotatable bonds is 6. The van der Waals surface area contributed by atoms with Gasteiger partial charge in [-0.2, -0.15) is 0 Å². The Morgan fingerprint density at radius 2 is 1.82 bits per heavy atom. The maximum atomic E-state index is 12.0. The molecule has 0 radical (unpaired) electrons. The minimum absolute atomic E-state index is 0.0445. The van der Waals surface area contributed by atoms with Crippen LogP contribution in [0.2, 0.25) is 0 Å². The number of aldehydes is 1. The molecule has 0 saturated carbocycles. The van der Waals surface area contributed by atoms with Crippen LogP contribution in [0.3, 0.4) is 0 Å². The van der Waals surface area contributed by atoms with Gasteiger partial charge in [0.05, 0.1) is 18.8 Å². The smallest absolute Gasteiger partial charge is 0.497 e. The SMILES string of the molecule is CNc1cc2ccc(OC3CCC(OC)C(C)(C)O3)c(C)c2oc1=O.COc1cccc(C=O)c1.O=C(O)O. The van der Waals surface area contributed by atoms with Crippen LogP contribution in [0.15, 0.2) is 51.7 Å². The molecule has 1 aliphatic heterocycles. The fourth-order valence-electron chi connectivity index (χ4n) is 4.06. The van der Waals surface area contributed by atoms with Gasteiger partial charge in [0.15, 0.2) is 0 Å². The van der Waals surface area contributed by atoms with Crippen molar-refractivity contribution in [2.45, 2.75) is 51.6 Å². The van der Waals surface area contributed by atoms with Crippen molar-refractivity contribution in [1.29, 1.82) is 0 Å². The number of carbonyl (C=O) groups excluding carboxylic acids is 1. The van der Waals surface area contributed by atoms with Gasteiger partial charge in [-0.25, -0.2) is 9.59 Å². The van der Waals surface area contributed by atoms with Crippen molar-refractivity contribution in [2.75, 3.05) is 26.6 Å². The second-order valence-electron chi connectivity index (χ2n) is 9.05. The Hall–Kier alpha value is -4.09. The van der Waals surface area contributed by atoms with E-state index in [0.717, 1.165) is 30.1 Å². The first-order valence-corrected chi connectivity index (χ1v) is 12.1. The van der Waals surface area contributed by atoms with E-state index >= 15 is 0 Å². The van der Waals surface area contributed by atoms with Crippen LogP contribution in [0.4, 0.5) is 10.5 Å². The predicted octanol–water partition coefficient (Wildman–Crippen LogP) is 5.18. The Kier molecular flexibility index (Phi) is 11.3. The van der Waals surface area contributed by atoms with Gasteiger partial charge >= 0.3 is 11.8 Å². The highest BCUT2D eigenvalue weighted by molar-refractivity contribution is 5.84. The molecule has 0 spiro atoms. The normalized spacial score (nSPS) is 17.5. The Morgan fingerprint density at radius 3 is 2.38 bits per heavy atom. The van der Waals surface area contributed by atoms with Crippen LogP contribution in [0.25, 0.3) is 11.0 Å². The molecule has 3 aromatic rings. The van der Waals surface area contributed by atoms with Gasteiger partial charge in [0, 0.05) is 37.1 Å². The first-order valence-electron chi connectivity index (χ1n) is 12.1. The van der Waals surface area contributed by atoms with Gasteiger partial charge in [0.2, 0.25) is 6.29 Å². The van der Waals surface area contributed by atoms with E-state index in [1.54, 1.807) is 51.6 Å². The maximum absolute atomic E-state index is 12.0. The summed E-state index contributed by atoms with van der Waals surface area (Å²) in [4.78, 5) is 30.7. The molecule has 212 valence electrons. The minimum Gasteiger partial charge on any atom is -0.497 e. The predicted molar refractivity (Wildman–Crippen MR) is 145 cm³/mol. The number of methoxy groups -OCH3 is 2. The van der Waals surface area contributed by atoms with Crippen LogP contribution < -0.4 is 20.4 Å². The highest BCUT2D eigenvalue weighted by Gasteiger charge is 2.39. The van der Waals surface area contributed by atoms with E-state index in [-0.39, 0.29) is 12.4 Å². The number of anilines is 1. The number of hydrogen-bond donors (Lipinski definition) is 3. The van der Waals surface area contributed by atoms with Gasteiger partial charge in [-0.05, 0) is 57.5 Å². The lowest BCUT2D eigenvalue weighted by atomic mass is 9.94. The van der Waals surface area contributed by atoms with Gasteiger partial charge in [-0.3, -0.25) is 4.79 Å². The van der Waals surface area contributed by atoms with Crippen LogP contribution in [0.5, 0.6) is 11.5 Å². The van der Waals surface area contributed by atoms with E-state index in [0.29, 0.717) is 28.3 Å². The standard InChI is InChI=1S/C19H25NO5.C8H8O2.CH2O3/c1-11-14(23-16-9-8-15(22-5)19(2,3)25-16)7-6-12-10-13(20-4)18(21)24-17(11)12;1-10-8-4-2-3-7(5-8)6-9;2-1(3)4/h6-7,10,15-16,20H,8-9H2,1-5H3;2-6H,1H3;(H2,2,3,4). The minimum atomic E-state index is -1.83. The molecule has 1 aromatic heterocycles. The molecular weight excluding hydrogens is 510 g/mol. The number of carboxylic acid groups (broad SMARTS) is 2. The number of fused-ring (bicyclic) bond motifs is 1. The summed E-state index contributed by atoms with van der Waals surface area (Å²) in [6, 6.07) is 12.5. The van der Waals surface area contributed by atoms with Gasteiger partial charge < -0.3 is 38.9 Å². The fraction of sp³-hybridized carbons (Fsp3) is 0.393. The lowest BCUT2D eigenvalue weighted by molar-refractivity contribution is -0.233. The number of hydrogen-bond acceptors (Lipinski definition) is 9. The highest BCUT2D eigenvalue weighted by Crippen LogP contribution is 2.34. The first kappa shape index (κ1) is 31.1. The molecule has 3 N–H and O–H groups in total. The quantitative estimate of drug-likeness (QED) is 0.277. The Labute approximate surface area is 226 Å². The van der Waals surface area contributed by atoms with Crippen LogP contribution >= 0.6 is 0 Å². The lowest BCUT2D eigenvalue weighted by Gasteiger charge is -2.41. The van der Waals surface area contributed by atoms with E-state index in [9.17, 15) is 9.59 Å². The molecule has 4 rings (SSSR count). The van der Waals surface area contributed by atoms with Crippen LogP contribution in [-0.2, 0) is 9.47 Å². The average molecular weight is 546 g/mol. The van der Waals surface area contributed by atoms with Crippen molar-refractivity contribution in [3.63, 3.8) is 0 Å². The Bertz CT molecular complexity index is 1310. The van der Waals surface area contributed by atoms with Crippen LogP contribution in [-0.4, -0.2) is 61.9 Å². The summed E-state index contributed by atoms with van der Waals surface area (Å²) in [5.74, 6) is 1.37. The molecule has 1 aliphatic rings. The maximum Gasteiger partial charge on any atom is 0.503 e. The van der Waals surface area contributed by atoms with Crippen LogP contribution in [0, 0.1) is 6.92 Å². The monoisotopic (exact) mass is 545 g/mol. The summed E-state index contributed by atoms with van der Waals surface area (Å²) in [5.41, 5.74) is 1.58. The summed E-state index contributed by atoms with van der Waals surface area (Å²) >= 11 is 0. The summed E-state index contributed by atoms with van der Waals surface area (Å²) in [5, 5.41) is 17.6. The van der Waals surface area contributed by atoms with E-state index in [4.69, 9.17) is 38.4 Å². The van der Waals surface area contributed by atoms with Crippen molar-refractivity contribution in [2.24, 2.45) is 0 Å². The summed E-state index contributed by atoms with van der Waals surface area (Å²) < 4.78 is 28.0. The zero-order valence-corrected chi connectivity index (χ0v) is 22.8. The third-order valence-electron chi connectivity index (χ3n) is 6.02. The molecule has 2 atom stereocenters. The molecule has 2 aromatic carbocycles. The zero-order chi connectivity index (χ0) is 29.2. The van der Waals surface area contributed by atoms with E-state index in [1.807, 2.05) is 32.9 Å². The van der Waals surface area contributed by atoms with E-state index in [2.05, 4.69) is 5.32 Å². The molecule has 39 heavy (non-hydrogen) atoms. The molecule has 2 unspecified atom stereocenters. The third-order valence-corrected chi connectivity index (χ3v) is 6.02. The van der Waals surface area contributed by atoms with Crippen molar-refractivity contribution in [3.05, 3.63) is 64.0 Å². The zero-order valence-electron chi connectivity index (χ0n) is 22.8. The number of ether oxygens (including phenoxy) is 4. The number of carbonyl (C=O) groups is 2. The number of benzene rings is 2. The Morgan fingerprint density at radius 1 is 1.13 bits per heavy atom. The molecule has 1 saturated heterocycles. The lowest BCUT2D eigenvalue weighted by Crippen LogP contribution is -2.49. The summed E-state index contributed by atoms with van der Waals surface area (Å²) in [6.07, 6.45) is 0.246. The van der Waals surface area contributed by atoms with Crippen molar-refractivity contribution < 1.29 is 43.2 Å². The highest BCUT2D eigenvalue weighted by atomic mass is 16.7. The van der Waals surface area contributed by atoms with E-state index in [1.165, 1.54) is 0 Å². The van der Waals surface area contributed by atoms with Gasteiger partial charge in [-0.1, -0.05) is 12.1 Å². The number of nitrogens with one attached hydrogen (secondary N) is 1. The number of aryl methyl sites for hydroxylation is 1. The van der Waals surface area contributed by atoms with Gasteiger partial charge in [0.1, 0.15) is 29.1 Å². The Balaban J connectivity index is 0.000000315. The first-order chi connectivity index (χ1) is 18.4. The topological polar surface area (TPSA) is 154 Å².